The number of carbonyl (C=O) groups is 1. The molecule has 1 N–H and O–H groups in total. The van der Waals surface area contributed by atoms with E-state index in [0.717, 1.165) is 26.2 Å². The standard InChI is InChI=1S/C13H27N3O2/c1-15(7-8-18-3)11-13(17)16(2)10-12-5-4-6-14-9-12/h12,14H,4-11H2,1-3H3. The Bertz CT molecular complexity index is 242. The van der Waals surface area contributed by atoms with Crippen LogP contribution in [0.5, 0.6) is 0 Å². The minimum atomic E-state index is 0.194. The van der Waals surface area contributed by atoms with Crippen LogP contribution in [0, 0.1) is 5.92 Å². The minimum Gasteiger partial charge on any atom is -0.383 e. The predicted molar refractivity (Wildman–Crippen MR) is 72.6 cm³/mol. The molecule has 0 aromatic carbocycles. The van der Waals surface area contributed by atoms with E-state index in [9.17, 15) is 4.79 Å². The Morgan fingerprint density at radius 3 is 2.83 bits per heavy atom. The first kappa shape index (κ1) is 15.4. The van der Waals surface area contributed by atoms with Crippen molar-refractivity contribution in [3.63, 3.8) is 0 Å². The molecule has 0 radical (unpaired) electrons. The molecule has 1 atom stereocenters. The molecule has 18 heavy (non-hydrogen) atoms. The topological polar surface area (TPSA) is 44.8 Å². The van der Waals surface area contributed by atoms with E-state index in [-0.39, 0.29) is 5.91 Å². The lowest BCUT2D eigenvalue weighted by molar-refractivity contribution is -0.131. The highest BCUT2D eigenvalue weighted by molar-refractivity contribution is 5.77. The number of ether oxygens (including phenoxy) is 1. The van der Waals surface area contributed by atoms with E-state index in [1.165, 1.54) is 12.8 Å². The maximum absolute atomic E-state index is 12.0. The highest BCUT2D eigenvalue weighted by atomic mass is 16.5. The summed E-state index contributed by atoms with van der Waals surface area (Å²) < 4.78 is 5.00. The van der Waals surface area contributed by atoms with E-state index in [1.807, 2.05) is 23.9 Å². The second-order valence-corrected chi connectivity index (χ2v) is 5.22. The highest BCUT2D eigenvalue weighted by Gasteiger charge is 2.18. The molecule has 106 valence electrons. The van der Waals surface area contributed by atoms with Gasteiger partial charge in [0, 0.05) is 27.2 Å². The summed E-state index contributed by atoms with van der Waals surface area (Å²) in [6.07, 6.45) is 2.45. The molecule has 0 aliphatic carbocycles. The Labute approximate surface area is 110 Å². The fourth-order valence-electron chi connectivity index (χ4n) is 2.25. The summed E-state index contributed by atoms with van der Waals surface area (Å²) in [6.45, 7) is 4.95. The lowest BCUT2D eigenvalue weighted by Gasteiger charge is -2.28. The first-order chi connectivity index (χ1) is 8.63. The van der Waals surface area contributed by atoms with Gasteiger partial charge in [0.15, 0.2) is 0 Å². The van der Waals surface area contributed by atoms with Gasteiger partial charge in [-0.1, -0.05) is 0 Å². The zero-order valence-electron chi connectivity index (χ0n) is 11.9. The van der Waals surface area contributed by atoms with E-state index in [4.69, 9.17) is 4.74 Å². The molecule has 5 heteroatoms. The van der Waals surface area contributed by atoms with Crippen LogP contribution >= 0.6 is 0 Å². The molecular formula is C13H27N3O2. The van der Waals surface area contributed by atoms with Crippen LogP contribution in [-0.2, 0) is 9.53 Å². The molecule has 1 amide bonds. The second-order valence-electron chi connectivity index (χ2n) is 5.22. The van der Waals surface area contributed by atoms with Crippen LogP contribution in [0.1, 0.15) is 12.8 Å². The minimum absolute atomic E-state index is 0.194. The number of nitrogens with zero attached hydrogens (tertiary/aromatic N) is 2. The Hall–Kier alpha value is -0.650. The Morgan fingerprint density at radius 2 is 2.22 bits per heavy atom. The molecule has 1 aliphatic rings. The van der Waals surface area contributed by atoms with E-state index >= 15 is 0 Å². The van der Waals surface area contributed by atoms with Gasteiger partial charge < -0.3 is 15.0 Å². The summed E-state index contributed by atoms with van der Waals surface area (Å²) in [5.41, 5.74) is 0. The van der Waals surface area contributed by atoms with Gasteiger partial charge in [0.1, 0.15) is 0 Å². The summed E-state index contributed by atoms with van der Waals surface area (Å²) in [5.74, 6) is 0.802. The van der Waals surface area contributed by atoms with Crippen molar-refractivity contribution in [3.8, 4) is 0 Å². The Morgan fingerprint density at radius 1 is 1.44 bits per heavy atom. The van der Waals surface area contributed by atoms with E-state index in [2.05, 4.69) is 5.32 Å². The van der Waals surface area contributed by atoms with E-state index < -0.39 is 0 Å². The second kappa shape index (κ2) is 8.45. The number of piperidine rings is 1. The summed E-state index contributed by atoms with van der Waals surface area (Å²) in [4.78, 5) is 15.9. The molecule has 0 aromatic rings. The van der Waals surface area contributed by atoms with Gasteiger partial charge in [-0.15, -0.1) is 0 Å². The summed E-state index contributed by atoms with van der Waals surface area (Å²) in [7, 11) is 5.53. The van der Waals surface area contributed by atoms with Gasteiger partial charge in [0.05, 0.1) is 13.2 Å². The number of methoxy groups -OCH3 is 1. The van der Waals surface area contributed by atoms with E-state index in [1.54, 1.807) is 7.11 Å². The molecule has 0 aromatic heterocycles. The Kier molecular flexibility index (Phi) is 7.23. The quantitative estimate of drug-likeness (QED) is 0.698. The average Bonchev–Trinajstić information content (AvgIpc) is 2.37. The van der Waals surface area contributed by atoms with Crippen molar-refractivity contribution >= 4 is 5.91 Å². The number of hydrogen-bond donors (Lipinski definition) is 1. The molecule has 1 aliphatic heterocycles. The third-order valence-electron chi connectivity index (χ3n) is 3.44. The van der Waals surface area contributed by atoms with Crippen molar-refractivity contribution in [1.29, 1.82) is 0 Å². The molecule has 1 heterocycles. The molecule has 1 unspecified atom stereocenters. The molecule has 0 saturated carbocycles. The molecule has 1 fully saturated rings. The number of nitrogens with one attached hydrogen (secondary N) is 1. The van der Waals surface area contributed by atoms with Gasteiger partial charge in [0.25, 0.3) is 0 Å². The highest BCUT2D eigenvalue weighted by Crippen LogP contribution is 2.11. The van der Waals surface area contributed by atoms with Crippen LogP contribution in [0.25, 0.3) is 0 Å². The first-order valence-corrected chi connectivity index (χ1v) is 6.75. The van der Waals surface area contributed by atoms with Gasteiger partial charge in [0.2, 0.25) is 5.91 Å². The monoisotopic (exact) mass is 257 g/mol. The van der Waals surface area contributed by atoms with E-state index in [0.29, 0.717) is 19.1 Å². The maximum atomic E-state index is 12.0. The lowest BCUT2D eigenvalue weighted by atomic mass is 9.99. The molecular weight excluding hydrogens is 230 g/mol. The van der Waals surface area contributed by atoms with Crippen molar-refractivity contribution in [2.75, 3.05) is 60.5 Å². The van der Waals surface area contributed by atoms with Crippen LogP contribution in [0.15, 0.2) is 0 Å². The molecule has 1 rings (SSSR count). The summed E-state index contributed by atoms with van der Waals surface area (Å²) in [6, 6.07) is 0. The molecule has 1 saturated heterocycles. The fraction of sp³-hybridized carbons (Fsp3) is 0.923. The largest absolute Gasteiger partial charge is 0.383 e. The summed E-state index contributed by atoms with van der Waals surface area (Å²) in [5, 5.41) is 3.38. The molecule has 5 nitrogen and oxygen atoms in total. The zero-order chi connectivity index (χ0) is 13.4. The van der Waals surface area contributed by atoms with Gasteiger partial charge in [-0.25, -0.2) is 0 Å². The lowest BCUT2D eigenvalue weighted by Crippen LogP contribution is -2.42. The smallest absolute Gasteiger partial charge is 0.236 e. The number of likely N-dealkylation sites (N-methyl/N-ethyl adjacent to an activating group) is 2. The normalized spacial score (nSPS) is 20.1. The zero-order valence-corrected chi connectivity index (χ0v) is 11.9. The number of rotatable bonds is 7. The molecule has 0 spiro atoms. The first-order valence-electron chi connectivity index (χ1n) is 6.75. The van der Waals surface area contributed by atoms with Crippen LogP contribution in [-0.4, -0.2) is 76.2 Å². The Balaban J connectivity index is 2.22. The number of hydrogen-bond acceptors (Lipinski definition) is 4. The number of amides is 1. The van der Waals surface area contributed by atoms with Crippen LogP contribution < -0.4 is 5.32 Å². The van der Waals surface area contributed by atoms with Crippen LogP contribution in [0.4, 0.5) is 0 Å². The summed E-state index contributed by atoms with van der Waals surface area (Å²) >= 11 is 0. The molecule has 0 bridgehead atoms. The van der Waals surface area contributed by atoms with Gasteiger partial charge in [-0.3, -0.25) is 9.69 Å². The van der Waals surface area contributed by atoms with Crippen molar-refractivity contribution in [2.24, 2.45) is 5.92 Å². The van der Waals surface area contributed by atoms with Gasteiger partial charge in [-0.05, 0) is 38.9 Å². The van der Waals surface area contributed by atoms with Gasteiger partial charge in [-0.2, -0.15) is 0 Å². The number of carbonyl (C=O) groups excluding carboxylic acids is 1. The van der Waals surface area contributed by atoms with Gasteiger partial charge >= 0.3 is 0 Å². The van der Waals surface area contributed by atoms with Crippen molar-refractivity contribution in [1.82, 2.24) is 15.1 Å². The average molecular weight is 257 g/mol. The van der Waals surface area contributed by atoms with Crippen LogP contribution in [0.2, 0.25) is 0 Å². The van der Waals surface area contributed by atoms with Crippen molar-refractivity contribution < 1.29 is 9.53 Å². The predicted octanol–water partition coefficient (Wildman–Crippen LogP) is 0.0226. The van der Waals surface area contributed by atoms with Crippen molar-refractivity contribution in [3.05, 3.63) is 0 Å². The van der Waals surface area contributed by atoms with Crippen molar-refractivity contribution in [2.45, 2.75) is 12.8 Å². The third kappa shape index (κ3) is 5.80. The third-order valence-corrected chi connectivity index (χ3v) is 3.44. The fourth-order valence-corrected chi connectivity index (χ4v) is 2.25. The SMILES string of the molecule is COCCN(C)CC(=O)N(C)CC1CCCNC1. The maximum Gasteiger partial charge on any atom is 0.236 e. The van der Waals surface area contributed by atoms with Crippen LogP contribution in [0.3, 0.4) is 0 Å².